The van der Waals surface area contributed by atoms with Crippen molar-refractivity contribution in [1.29, 1.82) is 0 Å². The number of halogens is 2. The molecule has 0 aliphatic heterocycles. The van der Waals surface area contributed by atoms with Crippen molar-refractivity contribution in [3.8, 4) is 0 Å². The van der Waals surface area contributed by atoms with Crippen LogP contribution in [0.25, 0.3) is 11.0 Å². The van der Waals surface area contributed by atoms with Crippen LogP contribution in [0, 0.1) is 0 Å². The van der Waals surface area contributed by atoms with E-state index < -0.39 is 0 Å². The van der Waals surface area contributed by atoms with Crippen LogP contribution in [0.3, 0.4) is 0 Å². The number of alkyl halides is 1. The molecular formula is C16H16Cl2N2O. The number of hydrogen-bond acceptors (Lipinski definition) is 2. The molecule has 0 saturated heterocycles. The summed E-state index contributed by atoms with van der Waals surface area (Å²) in [7, 11) is 0. The number of furan rings is 1. The predicted molar refractivity (Wildman–Crippen MR) is 86.1 cm³/mol. The van der Waals surface area contributed by atoms with E-state index in [-0.39, 0.29) is 11.4 Å². The summed E-state index contributed by atoms with van der Waals surface area (Å²) in [5.74, 6) is 1.80. The van der Waals surface area contributed by atoms with E-state index in [4.69, 9.17) is 27.6 Å². The molecule has 0 bridgehead atoms. The van der Waals surface area contributed by atoms with Gasteiger partial charge in [-0.2, -0.15) is 0 Å². The van der Waals surface area contributed by atoms with E-state index >= 15 is 0 Å². The van der Waals surface area contributed by atoms with Gasteiger partial charge in [0, 0.05) is 17.5 Å². The van der Waals surface area contributed by atoms with Gasteiger partial charge < -0.3 is 8.98 Å². The maximum atomic E-state index is 6.31. The van der Waals surface area contributed by atoms with Crippen molar-refractivity contribution >= 4 is 34.2 Å². The lowest BCUT2D eigenvalue weighted by atomic mass is 10.1. The zero-order valence-electron chi connectivity index (χ0n) is 11.9. The molecule has 2 heterocycles. The standard InChI is InChI=1S/C16H16Cl2N2O/c1-10(8-13-4-3-7-21-13)20-15-9-12(18)5-6-14(15)19-16(20)11(2)17/h3-7,9-11H,8H2,1-2H3. The smallest absolute Gasteiger partial charge is 0.127 e. The average Bonchev–Trinajstić information content (AvgIpc) is 3.04. The van der Waals surface area contributed by atoms with E-state index in [0.717, 1.165) is 29.0 Å². The van der Waals surface area contributed by atoms with Gasteiger partial charge in [-0.05, 0) is 44.2 Å². The Hall–Kier alpha value is -1.45. The number of imidazole rings is 1. The largest absolute Gasteiger partial charge is 0.469 e. The van der Waals surface area contributed by atoms with Crippen molar-refractivity contribution in [2.45, 2.75) is 31.7 Å². The van der Waals surface area contributed by atoms with Gasteiger partial charge in [-0.3, -0.25) is 0 Å². The van der Waals surface area contributed by atoms with E-state index in [1.807, 2.05) is 37.3 Å². The van der Waals surface area contributed by atoms with Gasteiger partial charge in [0.1, 0.15) is 11.6 Å². The Morgan fingerprint density at radius 2 is 2.10 bits per heavy atom. The van der Waals surface area contributed by atoms with Crippen molar-refractivity contribution < 1.29 is 4.42 Å². The van der Waals surface area contributed by atoms with Gasteiger partial charge in [-0.15, -0.1) is 11.6 Å². The molecular weight excluding hydrogens is 307 g/mol. The van der Waals surface area contributed by atoms with Crippen LogP contribution in [0.15, 0.2) is 41.0 Å². The molecule has 0 saturated carbocycles. The summed E-state index contributed by atoms with van der Waals surface area (Å²) in [6.07, 6.45) is 2.47. The first-order valence-electron chi connectivity index (χ1n) is 6.90. The summed E-state index contributed by atoms with van der Waals surface area (Å²) in [4.78, 5) is 4.65. The molecule has 0 aliphatic carbocycles. The van der Waals surface area contributed by atoms with Crippen LogP contribution in [0.2, 0.25) is 5.02 Å². The second-order valence-corrected chi connectivity index (χ2v) is 6.31. The topological polar surface area (TPSA) is 31.0 Å². The summed E-state index contributed by atoms with van der Waals surface area (Å²) in [5, 5.41) is 0.526. The summed E-state index contributed by atoms with van der Waals surface area (Å²) in [6, 6.07) is 9.77. The molecule has 5 heteroatoms. The van der Waals surface area contributed by atoms with Gasteiger partial charge >= 0.3 is 0 Å². The number of aromatic nitrogens is 2. The lowest BCUT2D eigenvalue weighted by Gasteiger charge is -2.17. The molecule has 0 N–H and O–H groups in total. The summed E-state index contributed by atoms with van der Waals surface area (Å²) < 4.78 is 7.60. The molecule has 3 rings (SSSR count). The molecule has 2 unspecified atom stereocenters. The molecule has 0 aliphatic rings. The highest BCUT2D eigenvalue weighted by Gasteiger charge is 2.20. The summed E-state index contributed by atoms with van der Waals surface area (Å²) in [5.41, 5.74) is 1.91. The van der Waals surface area contributed by atoms with Crippen LogP contribution in [0.5, 0.6) is 0 Å². The fraction of sp³-hybridized carbons (Fsp3) is 0.312. The Kier molecular flexibility index (Phi) is 3.96. The van der Waals surface area contributed by atoms with Gasteiger partial charge in [0.2, 0.25) is 0 Å². The summed E-state index contributed by atoms with van der Waals surface area (Å²) >= 11 is 12.4. The monoisotopic (exact) mass is 322 g/mol. The number of benzene rings is 1. The van der Waals surface area contributed by atoms with Crippen molar-refractivity contribution in [3.63, 3.8) is 0 Å². The zero-order valence-corrected chi connectivity index (χ0v) is 13.4. The van der Waals surface area contributed by atoms with Gasteiger partial charge in [0.25, 0.3) is 0 Å². The maximum Gasteiger partial charge on any atom is 0.127 e. The third kappa shape index (κ3) is 2.81. The average molecular weight is 323 g/mol. The highest BCUT2D eigenvalue weighted by Crippen LogP contribution is 2.30. The van der Waals surface area contributed by atoms with E-state index in [1.54, 1.807) is 6.26 Å². The Morgan fingerprint density at radius 3 is 2.76 bits per heavy atom. The molecule has 2 atom stereocenters. The second kappa shape index (κ2) is 5.74. The lowest BCUT2D eigenvalue weighted by molar-refractivity contribution is 0.447. The van der Waals surface area contributed by atoms with Gasteiger partial charge in [-0.1, -0.05) is 11.6 Å². The van der Waals surface area contributed by atoms with Crippen LogP contribution in [0.4, 0.5) is 0 Å². The number of rotatable bonds is 4. The molecule has 0 spiro atoms. The van der Waals surface area contributed by atoms with Crippen molar-refractivity contribution in [2.24, 2.45) is 0 Å². The Morgan fingerprint density at radius 1 is 1.29 bits per heavy atom. The minimum absolute atomic E-state index is 0.171. The van der Waals surface area contributed by atoms with Crippen LogP contribution >= 0.6 is 23.2 Å². The molecule has 0 fully saturated rings. The Bertz CT molecular complexity index is 747. The van der Waals surface area contributed by atoms with Crippen molar-refractivity contribution in [1.82, 2.24) is 9.55 Å². The SMILES string of the molecule is CC(Cl)c1nc2ccc(Cl)cc2n1C(C)Cc1ccco1. The minimum Gasteiger partial charge on any atom is -0.469 e. The molecule has 3 nitrogen and oxygen atoms in total. The second-order valence-electron chi connectivity index (χ2n) is 5.22. The third-order valence-corrected chi connectivity index (χ3v) is 3.98. The molecule has 3 aromatic rings. The first kappa shape index (κ1) is 14.5. The van der Waals surface area contributed by atoms with Gasteiger partial charge in [0.15, 0.2) is 0 Å². The van der Waals surface area contributed by atoms with Gasteiger partial charge in [-0.25, -0.2) is 4.98 Å². The number of nitrogens with zero attached hydrogens (tertiary/aromatic N) is 2. The van der Waals surface area contributed by atoms with Crippen LogP contribution in [0.1, 0.15) is 36.9 Å². The molecule has 0 radical (unpaired) electrons. The fourth-order valence-corrected chi connectivity index (χ4v) is 2.96. The number of hydrogen-bond donors (Lipinski definition) is 0. The van der Waals surface area contributed by atoms with E-state index in [2.05, 4.69) is 16.5 Å². The zero-order chi connectivity index (χ0) is 15.0. The maximum absolute atomic E-state index is 6.31. The Balaban J connectivity index is 2.09. The first-order chi connectivity index (χ1) is 10.1. The van der Waals surface area contributed by atoms with Crippen LogP contribution in [-0.4, -0.2) is 9.55 Å². The van der Waals surface area contributed by atoms with E-state index in [9.17, 15) is 0 Å². The fourth-order valence-electron chi connectivity index (χ4n) is 2.64. The van der Waals surface area contributed by atoms with Crippen molar-refractivity contribution in [3.05, 3.63) is 53.2 Å². The third-order valence-electron chi connectivity index (χ3n) is 3.55. The molecule has 110 valence electrons. The van der Waals surface area contributed by atoms with Crippen LogP contribution < -0.4 is 0 Å². The lowest BCUT2D eigenvalue weighted by Crippen LogP contribution is -2.12. The van der Waals surface area contributed by atoms with Crippen molar-refractivity contribution in [2.75, 3.05) is 0 Å². The minimum atomic E-state index is -0.171. The normalized spacial score (nSPS) is 14.5. The predicted octanol–water partition coefficient (Wildman–Crippen LogP) is 5.39. The first-order valence-corrected chi connectivity index (χ1v) is 7.71. The van der Waals surface area contributed by atoms with Crippen LogP contribution in [-0.2, 0) is 6.42 Å². The highest BCUT2D eigenvalue weighted by atomic mass is 35.5. The van der Waals surface area contributed by atoms with E-state index in [0.29, 0.717) is 5.02 Å². The molecule has 1 aromatic carbocycles. The quantitative estimate of drug-likeness (QED) is 0.603. The highest BCUT2D eigenvalue weighted by molar-refractivity contribution is 6.31. The molecule has 2 aromatic heterocycles. The number of fused-ring (bicyclic) bond motifs is 1. The Labute approximate surface area is 133 Å². The molecule has 0 amide bonds. The van der Waals surface area contributed by atoms with Gasteiger partial charge in [0.05, 0.1) is 22.7 Å². The molecule has 21 heavy (non-hydrogen) atoms. The van der Waals surface area contributed by atoms with E-state index in [1.165, 1.54) is 0 Å². The summed E-state index contributed by atoms with van der Waals surface area (Å²) in [6.45, 7) is 4.06.